The third-order valence-corrected chi connectivity index (χ3v) is 3.74. The zero-order chi connectivity index (χ0) is 15.7. The Labute approximate surface area is 124 Å². The quantitative estimate of drug-likeness (QED) is 0.578. The molecule has 1 aliphatic rings. The molecule has 0 aromatic rings. The van der Waals surface area contributed by atoms with E-state index in [4.69, 9.17) is 10.8 Å². The van der Waals surface area contributed by atoms with Crippen molar-refractivity contribution in [3.8, 4) is 0 Å². The molecule has 1 heterocycles. The molecule has 0 radical (unpaired) electrons. The van der Waals surface area contributed by atoms with E-state index in [-0.39, 0.29) is 18.4 Å². The van der Waals surface area contributed by atoms with E-state index in [0.717, 1.165) is 25.7 Å². The first-order chi connectivity index (χ1) is 9.99. The number of nitrogens with zero attached hydrogens (tertiary/aromatic N) is 1. The summed E-state index contributed by atoms with van der Waals surface area (Å²) in [6.45, 7) is 1.88. The van der Waals surface area contributed by atoms with Crippen molar-refractivity contribution in [1.29, 1.82) is 0 Å². The van der Waals surface area contributed by atoms with Crippen LogP contribution >= 0.6 is 0 Å². The molecule has 1 saturated heterocycles. The molecule has 1 aliphatic heterocycles. The number of nitrogens with one attached hydrogen (secondary N) is 1. The maximum Gasteiger partial charge on any atom is 0.317 e. The number of unbranched alkanes of at least 4 members (excludes halogenated alkanes) is 2. The van der Waals surface area contributed by atoms with Crippen molar-refractivity contribution in [3.63, 3.8) is 0 Å². The number of nitrogens with two attached hydrogens (primary N) is 1. The van der Waals surface area contributed by atoms with Crippen molar-refractivity contribution in [2.24, 2.45) is 11.7 Å². The number of carbonyl (C=O) groups excluding carboxylic acids is 2. The van der Waals surface area contributed by atoms with Crippen LogP contribution in [0.2, 0.25) is 0 Å². The minimum atomic E-state index is -0.780. The first kappa shape index (κ1) is 17.3. The lowest BCUT2D eigenvalue weighted by molar-refractivity contribution is -0.137. The van der Waals surface area contributed by atoms with Gasteiger partial charge in [0.25, 0.3) is 0 Å². The van der Waals surface area contributed by atoms with Crippen LogP contribution in [0.1, 0.15) is 44.9 Å². The molecule has 3 amide bonds. The summed E-state index contributed by atoms with van der Waals surface area (Å²) in [4.78, 5) is 34.8. The molecule has 0 saturated carbocycles. The Bertz CT molecular complexity index is 365. The number of likely N-dealkylation sites (tertiary alicyclic amines) is 1. The van der Waals surface area contributed by atoms with E-state index in [2.05, 4.69) is 5.32 Å². The van der Waals surface area contributed by atoms with Gasteiger partial charge in [0.1, 0.15) is 0 Å². The zero-order valence-corrected chi connectivity index (χ0v) is 12.3. The van der Waals surface area contributed by atoms with Gasteiger partial charge in [-0.1, -0.05) is 6.42 Å². The minimum Gasteiger partial charge on any atom is -0.481 e. The van der Waals surface area contributed by atoms with Gasteiger partial charge in [0.2, 0.25) is 5.91 Å². The smallest absolute Gasteiger partial charge is 0.317 e. The number of urea groups is 1. The van der Waals surface area contributed by atoms with E-state index >= 15 is 0 Å². The van der Waals surface area contributed by atoms with Crippen molar-refractivity contribution < 1.29 is 19.5 Å². The van der Waals surface area contributed by atoms with Crippen LogP contribution in [0.3, 0.4) is 0 Å². The highest BCUT2D eigenvalue weighted by atomic mass is 16.4. The van der Waals surface area contributed by atoms with E-state index in [1.807, 2.05) is 0 Å². The second-order valence-electron chi connectivity index (χ2n) is 5.54. The Hall–Kier alpha value is -1.79. The summed E-state index contributed by atoms with van der Waals surface area (Å²) in [5.41, 5.74) is 5.17. The largest absolute Gasteiger partial charge is 0.481 e. The Kier molecular flexibility index (Phi) is 7.56. The first-order valence-corrected chi connectivity index (χ1v) is 7.52. The molecule has 0 bridgehead atoms. The average molecular weight is 299 g/mol. The van der Waals surface area contributed by atoms with Crippen molar-refractivity contribution >= 4 is 17.9 Å². The standard InChI is InChI=1S/C14H25N3O4/c15-12(18)10-11-5-8-17(9-6-11)14(21)16-7-3-1-2-4-13(19)20/h11H,1-10H2,(H2,15,18)(H,16,21)(H,19,20). The molecule has 7 heteroatoms. The number of hydrogen-bond donors (Lipinski definition) is 3. The number of aliphatic carboxylic acids is 1. The third kappa shape index (κ3) is 7.53. The molecule has 0 aromatic heterocycles. The van der Waals surface area contributed by atoms with E-state index in [0.29, 0.717) is 38.4 Å². The second kappa shape index (κ2) is 9.20. The molecular formula is C14H25N3O4. The fraction of sp³-hybridized carbons (Fsp3) is 0.786. The lowest BCUT2D eigenvalue weighted by atomic mass is 9.93. The van der Waals surface area contributed by atoms with Gasteiger partial charge in [0.15, 0.2) is 0 Å². The Morgan fingerprint density at radius 2 is 1.81 bits per heavy atom. The van der Waals surface area contributed by atoms with E-state index in [1.165, 1.54) is 0 Å². The Morgan fingerprint density at radius 3 is 2.38 bits per heavy atom. The highest BCUT2D eigenvalue weighted by Crippen LogP contribution is 2.19. The topological polar surface area (TPSA) is 113 Å². The van der Waals surface area contributed by atoms with E-state index in [9.17, 15) is 14.4 Å². The van der Waals surface area contributed by atoms with Crippen molar-refractivity contribution in [3.05, 3.63) is 0 Å². The minimum absolute atomic E-state index is 0.0780. The monoisotopic (exact) mass is 299 g/mol. The van der Waals surface area contributed by atoms with Crippen LogP contribution in [0.15, 0.2) is 0 Å². The maximum atomic E-state index is 11.9. The van der Waals surface area contributed by atoms with Gasteiger partial charge in [-0.2, -0.15) is 0 Å². The lowest BCUT2D eigenvalue weighted by Crippen LogP contribution is -2.45. The third-order valence-electron chi connectivity index (χ3n) is 3.74. The molecule has 0 spiro atoms. The molecule has 1 fully saturated rings. The number of carboxylic acid groups (broad SMARTS) is 1. The normalized spacial score (nSPS) is 15.7. The predicted molar refractivity (Wildman–Crippen MR) is 77.6 cm³/mol. The van der Waals surface area contributed by atoms with E-state index in [1.54, 1.807) is 4.90 Å². The zero-order valence-electron chi connectivity index (χ0n) is 12.3. The lowest BCUT2D eigenvalue weighted by Gasteiger charge is -2.31. The molecule has 7 nitrogen and oxygen atoms in total. The van der Waals surface area contributed by atoms with Crippen LogP contribution in [0.5, 0.6) is 0 Å². The molecule has 0 aliphatic carbocycles. The molecule has 1 rings (SSSR count). The molecule has 0 atom stereocenters. The fourth-order valence-electron chi connectivity index (χ4n) is 2.51. The molecular weight excluding hydrogens is 274 g/mol. The molecule has 120 valence electrons. The van der Waals surface area contributed by atoms with Gasteiger partial charge in [-0.25, -0.2) is 4.79 Å². The molecule has 0 aromatic carbocycles. The molecule has 21 heavy (non-hydrogen) atoms. The van der Waals surface area contributed by atoms with Gasteiger partial charge in [-0.15, -0.1) is 0 Å². The van der Waals surface area contributed by atoms with Gasteiger partial charge in [-0.3, -0.25) is 9.59 Å². The summed E-state index contributed by atoms with van der Waals surface area (Å²) < 4.78 is 0. The van der Waals surface area contributed by atoms with Crippen LogP contribution in [-0.4, -0.2) is 47.5 Å². The highest BCUT2D eigenvalue weighted by Gasteiger charge is 2.23. The fourth-order valence-corrected chi connectivity index (χ4v) is 2.51. The van der Waals surface area contributed by atoms with Crippen LogP contribution in [0, 0.1) is 5.92 Å². The van der Waals surface area contributed by atoms with Crippen LogP contribution < -0.4 is 11.1 Å². The van der Waals surface area contributed by atoms with Gasteiger partial charge in [0.05, 0.1) is 0 Å². The van der Waals surface area contributed by atoms with Crippen LogP contribution in [0.25, 0.3) is 0 Å². The molecule has 0 unspecified atom stereocenters. The van der Waals surface area contributed by atoms with Gasteiger partial charge < -0.3 is 21.1 Å². The van der Waals surface area contributed by atoms with Crippen LogP contribution in [0.4, 0.5) is 4.79 Å². The number of piperidine rings is 1. The Balaban J connectivity index is 2.08. The predicted octanol–water partition coefficient (Wildman–Crippen LogP) is 0.928. The average Bonchev–Trinajstić information content (AvgIpc) is 2.42. The van der Waals surface area contributed by atoms with Gasteiger partial charge >= 0.3 is 12.0 Å². The number of amides is 3. The number of carbonyl (C=O) groups is 3. The first-order valence-electron chi connectivity index (χ1n) is 7.52. The van der Waals surface area contributed by atoms with Crippen LogP contribution in [-0.2, 0) is 9.59 Å². The summed E-state index contributed by atoms with van der Waals surface area (Å²) in [7, 11) is 0. The SMILES string of the molecule is NC(=O)CC1CCN(C(=O)NCCCCCC(=O)O)CC1. The van der Waals surface area contributed by atoms with Crippen molar-refractivity contribution in [2.45, 2.75) is 44.9 Å². The van der Waals surface area contributed by atoms with Gasteiger partial charge in [0, 0.05) is 32.5 Å². The van der Waals surface area contributed by atoms with Gasteiger partial charge in [-0.05, 0) is 31.6 Å². The Morgan fingerprint density at radius 1 is 1.14 bits per heavy atom. The van der Waals surface area contributed by atoms with Crippen molar-refractivity contribution in [2.75, 3.05) is 19.6 Å². The number of carboxylic acids is 1. The summed E-state index contributed by atoms with van der Waals surface area (Å²) in [6.07, 6.45) is 4.44. The summed E-state index contributed by atoms with van der Waals surface area (Å²) in [5.74, 6) is -0.764. The summed E-state index contributed by atoms with van der Waals surface area (Å²) in [6, 6.07) is -0.0780. The summed E-state index contributed by atoms with van der Waals surface area (Å²) in [5, 5.41) is 11.3. The number of rotatable bonds is 8. The molecule has 4 N–H and O–H groups in total. The number of hydrogen-bond acceptors (Lipinski definition) is 3. The van der Waals surface area contributed by atoms with E-state index < -0.39 is 5.97 Å². The van der Waals surface area contributed by atoms with Crippen molar-refractivity contribution in [1.82, 2.24) is 10.2 Å². The second-order valence-corrected chi connectivity index (χ2v) is 5.54. The summed E-state index contributed by atoms with van der Waals surface area (Å²) >= 11 is 0. The maximum absolute atomic E-state index is 11.9. The highest BCUT2D eigenvalue weighted by molar-refractivity contribution is 5.75. The number of primary amides is 1.